The Labute approximate surface area is 124 Å². The molecule has 9 heteroatoms. The molecule has 1 aromatic heterocycles. The number of hydrogen-bond donors (Lipinski definition) is 2. The normalized spacial score (nSPS) is 20.9. The Morgan fingerprint density at radius 1 is 1.38 bits per heavy atom. The van der Waals surface area contributed by atoms with Crippen LogP contribution in [0.3, 0.4) is 0 Å². The summed E-state index contributed by atoms with van der Waals surface area (Å²) in [5, 5.41) is 3.90. The first-order valence-electron chi connectivity index (χ1n) is 6.55. The smallest absolute Gasteiger partial charge is 0.274 e. The second-order valence-corrected chi connectivity index (χ2v) is 8.36. The third kappa shape index (κ3) is 4.40. The molecule has 0 amide bonds. The lowest BCUT2D eigenvalue weighted by molar-refractivity contribution is 0.399. The fourth-order valence-electron chi connectivity index (χ4n) is 1.89. The molecule has 0 saturated heterocycles. The highest BCUT2D eigenvalue weighted by Crippen LogP contribution is 2.16. The molecular weight excluding hydrogens is 316 g/mol. The molecule has 1 aliphatic rings. The summed E-state index contributed by atoms with van der Waals surface area (Å²) in [5.74, 6) is 0.246. The van der Waals surface area contributed by atoms with Crippen LogP contribution < -0.4 is 10.0 Å². The monoisotopic (exact) mass is 334 g/mol. The van der Waals surface area contributed by atoms with Gasteiger partial charge >= 0.3 is 0 Å². The van der Waals surface area contributed by atoms with Crippen LogP contribution in [0.5, 0.6) is 0 Å². The fraction of sp³-hybridized carbons (Fsp3) is 0.500. The highest BCUT2D eigenvalue weighted by molar-refractivity contribution is 7.94. The van der Waals surface area contributed by atoms with Crippen molar-refractivity contribution in [2.45, 2.75) is 31.0 Å². The summed E-state index contributed by atoms with van der Waals surface area (Å²) in [6, 6.07) is 2.18. The van der Waals surface area contributed by atoms with Gasteiger partial charge in [0.15, 0.2) is 9.84 Å². The molecule has 1 aromatic rings. The SMILES string of the molecule is CCCNCc1ccc(S(=O)(=O)NC2C=CS(=O)(=O)C2)o1. The topological polar surface area (TPSA) is 105 Å². The van der Waals surface area contributed by atoms with E-state index >= 15 is 0 Å². The van der Waals surface area contributed by atoms with Gasteiger partial charge in [-0.1, -0.05) is 13.0 Å². The van der Waals surface area contributed by atoms with Crippen LogP contribution in [0.1, 0.15) is 19.1 Å². The lowest BCUT2D eigenvalue weighted by Gasteiger charge is -2.08. The molecule has 0 spiro atoms. The van der Waals surface area contributed by atoms with Gasteiger partial charge in [-0.3, -0.25) is 0 Å². The van der Waals surface area contributed by atoms with Crippen LogP contribution in [0.2, 0.25) is 0 Å². The molecule has 1 atom stereocenters. The Hall–Kier alpha value is -1.16. The minimum Gasteiger partial charge on any atom is -0.447 e. The van der Waals surface area contributed by atoms with Crippen LogP contribution in [-0.2, 0) is 26.4 Å². The van der Waals surface area contributed by atoms with Crippen molar-refractivity contribution in [3.05, 3.63) is 29.4 Å². The number of rotatable bonds is 7. The summed E-state index contributed by atoms with van der Waals surface area (Å²) in [7, 11) is -7.17. The maximum absolute atomic E-state index is 12.1. The molecule has 118 valence electrons. The average Bonchev–Trinajstić information content (AvgIpc) is 2.97. The van der Waals surface area contributed by atoms with E-state index < -0.39 is 25.9 Å². The minimum atomic E-state index is -3.86. The molecular formula is C12H18N2O5S2. The van der Waals surface area contributed by atoms with Crippen molar-refractivity contribution in [1.82, 2.24) is 10.0 Å². The van der Waals surface area contributed by atoms with Gasteiger partial charge in [-0.15, -0.1) is 0 Å². The molecule has 2 heterocycles. The number of nitrogens with one attached hydrogen (secondary N) is 2. The summed E-state index contributed by atoms with van der Waals surface area (Å²) < 4.78 is 54.3. The van der Waals surface area contributed by atoms with Gasteiger partial charge in [-0.2, -0.15) is 0 Å². The van der Waals surface area contributed by atoms with E-state index in [1.54, 1.807) is 6.07 Å². The van der Waals surface area contributed by atoms with E-state index in [1.807, 2.05) is 6.92 Å². The Balaban J connectivity index is 2.01. The lowest BCUT2D eigenvalue weighted by Crippen LogP contribution is -2.35. The molecule has 2 rings (SSSR count). The van der Waals surface area contributed by atoms with E-state index in [0.29, 0.717) is 12.3 Å². The summed E-state index contributed by atoms with van der Waals surface area (Å²) in [5.41, 5.74) is 0. The van der Waals surface area contributed by atoms with Crippen molar-refractivity contribution >= 4 is 19.9 Å². The first kappa shape index (κ1) is 16.2. The number of sulfone groups is 1. The molecule has 0 aromatic carbocycles. The molecule has 0 saturated carbocycles. The van der Waals surface area contributed by atoms with Crippen molar-refractivity contribution in [3.63, 3.8) is 0 Å². The van der Waals surface area contributed by atoms with Gasteiger partial charge in [0.05, 0.1) is 18.3 Å². The van der Waals surface area contributed by atoms with Crippen molar-refractivity contribution in [3.8, 4) is 0 Å². The molecule has 0 radical (unpaired) electrons. The molecule has 0 bridgehead atoms. The van der Waals surface area contributed by atoms with Gasteiger partial charge in [0.1, 0.15) is 5.76 Å². The predicted molar refractivity (Wildman–Crippen MR) is 77.7 cm³/mol. The summed E-state index contributed by atoms with van der Waals surface area (Å²) >= 11 is 0. The lowest BCUT2D eigenvalue weighted by atomic mass is 10.4. The summed E-state index contributed by atoms with van der Waals surface area (Å²) in [6.07, 6.45) is 2.29. The van der Waals surface area contributed by atoms with Gasteiger partial charge < -0.3 is 9.73 Å². The van der Waals surface area contributed by atoms with Gasteiger partial charge in [0.25, 0.3) is 10.0 Å². The van der Waals surface area contributed by atoms with Crippen molar-refractivity contribution < 1.29 is 21.3 Å². The standard InChI is InChI=1S/C12H18N2O5S2/c1-2-6-13-8-11-3-4-12(19-11)21(17,18)14-10-5-7-20(15,16)9-10/h3-5,7,10,13-14H,2,6,8-9H2,1H3. The van der Waals surface area contributed by atoms with Gasteiger partial charge in [0, 0.05) is 5.41 Å². The predicted octanol–water partition coefficient (Wildman–Crippen LogP) is 0.368. The zero-order valence-electron chi connectivity index (χ0n) is 11.6. The third-order valence-corrected chi connectivity index (χ3v) is 5.62. The van der Waals surface area contributed by atoms with Crippen LogP contribution in [0.4, 0.5) is 0 Å². The summed E-state index contributed by atoms with van der Waals surface area (Å²) in [4.78, 5) is 0. The molecule has 1 aliphatic heterocycles. The summed E-state index contributed by atoms with van der Waals surface area (Å²) in [6.45, 7) is 3.28. The Morgan fingerprint density at radius 2 is 2.14 bits per heavy atom. The molecule has 0 fully saturated rings. The maximum Gasteiger partial charge on any atom is 0.274 e. The zero-order chi connectivity index (χ0) is 15.5. The van der Waals surface area contributed by atoms with E-state index in [4.69, 9.17) is 4.42 Å². The Kier molecular flexibility index (Phi) is 4.87. The minimum absolute atomic E-state index is 0.214. The first-order chi connectivity index (χ1) is 9.82. The van der Waals surface area contributed by atoms with E-state index in [1.165, 1.54) is 12.1 Å². The van der Waals surface area contributed by atoms with Gasteiger partial charge in [0.2, 0.25) is 5.09 Å². The molecule has 1 unspecified atom stereocenters. The van der Waals surface area contributed by atoms with Gasteiger partial charge in [-0.25, -0.2) is 21.6 Å². The number of sulfonamides is 1. The van der Waals surface area contributed by atoms with E-state index in [0.717, 1.165) is 18.4 Å². The van der Waals surface area contributed by atoms with E-state index in [2.05, 4.69) is 10.0 Å². The van der Waals surface area contributed by atoms with E-state index in [9.17, 15) is 16.8 Å². The Morgan fingerprint density at radius 3 is 2.76 bits per heavy atom. The zero-order valence-corrected chi connectivity index (χ0v) is 13.2. The van der Waals surface area contributed by atoms with Crippen LogP contribution in [0.25, 0.3) is 0 Å². The van der Waals surface area contributed by atoms with E-state index in [-0.39, 0.29) is 10.8 Å². The quantitative estimate of drug-likeness (QED) is 0.698. The van der Waals surface area contributed by atoms with Crippen molar-refractivity contribution in [2.75, 3.05) is 12.3 Å². The molecule has 21 heavy (non-hydrogen) atoms. The van der Waals surface area contributed by atoms with Crippen LogP contribution in [0, 0.1) is 0 Å². The van der Waals surface area contributed by atoms with Crippen LogP contribution in [-0.4, -0.2) is 35.2 Å². The van der Waals surface area contributed by atoms with Crippen molar-refractivity contribution in [2.24, 2.45) is 0 Å². The highest BCUT2D eigenvalue weighted by atomic mass is 32.2. The highest BCUT2D eigenvalue weighted by Gasteiger charge is 2.28. The number of furan rings is 1. The van der Waals surface area contributed by atoms with Gasteiger partial charge in [-0.05, 0) is 25.1 Å². The molecule has 7 nitrogen and oxygen atoms in total. The first-order valence-corrected chi connectivity index (χ1v) is 9.75. The maximum atomic E-state index is 12.1. The van der Waals surface area contributed by atoms with Crippen LogP contribution in [0.15, 0.2) is 33.1 Å². The fourth-order valence-corrected chi connectivity index (χ4v) is 4.37. The largest absolute Gasteiger partial charge is 0.447 e. The number of hydrogen-bond acceptors (Lipinski definition) is 6. The molecule has 0 aliphatic carbocycles. The third-order valence-electron chi connectivity index (χ3n) is 2.86. The van der Waals surface area contributed by atoms with Crippen molar-refractivity contribution in [1.29, 1.82) is 0 Å². The Bertz CT molecular complexity index is 719. The average molecular weight is 334 g/mol. The second kappa shape index (κ2) is 6.30. The molecule has 2 N–H and O–H groups in total. The second-order valence-electron chi connectivity index (χ2n) is 4.78. The van der Waals surface area contributed by atoms with Crippen LogP contribution >= 0.6 is 0 Å².